The van der Waals surface area contributed by atoms with Gasteiger partial charge in [-0.15, -0.1) is 0 Å². The van der Waals surface area contributed by atoms with Crippen LogP contribution < -0.4 is 10.5 Å². The molecule has 1 aliphatic rings. The van der Waals surface area contributed by atoms with Crippen LogP contribution in [0.2, 0.25) is 0 Å². The van der Waals surface area contributed by atoms with E-state index in [0.29, 0.717) is 6.10 Å². The van der Waals surface area contributed by atoms with Gasteiger partial charge < -0.3 is 10.5 Å². The molecule has 100 valence electrons. The standard InChI is InChI=1S/C16H25NO/c1-10-5-11(2)7-14(6-10)18-16-9-12(3)15(17)8-13(16)4/h8-11,14H,5-7,17H2,1-4H3. The van der Waals surface area contributed by atoms with Gasteiger partial charge in [0.1, 0.15) is 5.75 Å². The van der Waals surface area contributed by atoms with Crippen LogP contribution in [0.1, 0.15) is 44.2 Å². The normalized spacial score (nSPS) is 28.1. The van der Waals surface area contributed by atoms with Crippen LogP contribution in [0.25, 0.3) is 0 Å². The lowest BCUT2D eigenvalue weighted by molar-refractivity contribution is 0.100. The molecule has 1 aromatic rings. The maximum absolute atomic E-state index is 6.21. The van der Waals surface area contributed by atoms with Gasteiger partial charge in [0, 0.05) is 5.69 Å². The Morgan fingerprint density at radius 1 is 1.00 bits per heavy atom. The van der Waals surface area contributed by atoms with Crippen molar-refractivity contribution < 1.29 is 4.74 Å². The fraction of sp³-hybridized carbons (Fsp3) is 0.625. The van der Waals surface area contributed by atoms with Crippen LogP contribution >= 0.6 is 0 Å². The number of ether oxygens (including phenoxy) is 1. The molecule has 2 N–H and O–H groups in total. The van der Waals surface area contributed by atoms with E-state index in [0.717, 1.165) is 34.4 Å². The van der Waals surface area contributed by atoms with Gasteiger partial charge >= 0.3 is 0 Å². The molecule has 1 aliphatic carbocycles. The molecule has 0 heterocycles. The van der Waals surface area contributed by atoms with E-state index < -0.39 is 0 Å². The summed E-state index contributed by atoms with van der Waals surface area (Å²) in [6.45, 7) is 8.76. The fourth-order valence-corrected chi connectivity index (χ4v) is 3.09. The van der Waals surface area contributed by atoms with E-state index in [1.54, 1.807) is 0 Å². The summed E-state index contributed by atoms with van der Waals surface area (Å²) in [5.41, 5.74) is 9.01. The average Bonchev–Trinajstić information content (AvgIpc) is 2.24. The highest BCUT2D eigenvalue weighted by molar-refractivity contribution is 5.53. The first-order valence-corrected chi connectivity index (χ1v) is 6.99. The zero-order chi connectivity index (χ0) is 13.3. The van der Waals surface area contributed by atoms with Crippen LogP contribution in [0.4, 0.5) is 5.69 Å². The van der Waals surface area contributed by atoms with Gasteiger partial charge in [-0.05, 0) is 68.2 Å². The van der Waals surface area contributed by atoms with Crippen molar-refractivity contribution in [1.82, 2.24) is 0 Å². The van der Waals surface area contributed by atoms with Crippen molar-refractivity contribution in [2.24, 2.45) is 11.8 Å². The van der Waals surface area contributed by atoms with Crippen LogP contribution in [0, 0.1) is 25.7 Å². The third-order valence-corrected chi connectivity index (χ3v) is 3.99. The molecule has 0 amide bonds. The molecular weight excluding hydrogens is 222 g/mol. The van der Waals surface area contributed by atoms with Gasteiger partial charge in [0.05, 0.1) is 6.10 Å². The lowest BCUT2D eigenvalue weighted by atomic mass is 9.82. The summed E-state index contributed by atoms with van der Waals surface area (Å²) in [5, 5.41) is 0. The summed E-state index contributed by atoms with van der Waals surface area (Å²) in [4.78, 5) is 0. The minimum atomic E-state index is 0.366. The predicted molar refractivity (Wildman–Crippen MR) is 76.9 cm³/mol. The minimum absolute atomic E-state index is 0.366. The van der Waals surface area contributed by atoms with E-state index in [9.17, 15) is 0 Å². The van der Waals surface area contributed by atoms with E-state index in [4.69, 9.17) is 10.5 Å². The van der Waals surface area contributed by atoms with Crippen molar-refractivity contribution in [3.05, 3.63) is 23.3 Å². The van der Waals surface area contributed by atoms with E-state index >= 15 is 0 Å². The largest absolute Gasteiger partial charge is 0.490 e. The van der Waals surface area contributed by atoms with Gasteiger partial charge in [-0.3, -0.25) is 0 Å². The van der Waals surface area contributed by atoms with Crippen LogP contribution in [0.15, 0.2) is 12.1 Å². The molecule has 0 aliphatic heterocycles. The Morgan fingerprint density at radius 3 is 2.22 bits per heavy atom. The zero-order valence-corrected chi connectivity index (χ0v) is 12.0. The van der Waals surface area contributed by atoms with Gasteiger partial charge in [-0.2, -0.15) is 0 Å². The van der Waals surface area contributed by atoms with Crippen molar-refractivity contribution in [1.29, 1.82) is 0 Å². The monoisotopic (exact) mass is 247 g/mol. The highest BCUT2D eigenvalue weighted by atomic mass is 16.5. The molecule has 1 saturated carbocycles. The second kappa shape index (κ2) is 5.21. The predicted octanol–water partition coefficient (Wildman–Crippen LogP) is 4.09. The zero-order valence-electron chi connectivity index (χ0n) is 12.0. The number of benzene rings is 1. The van der Waals surface area contributed by atoms with Crippen molar-refractivity contribution >= 4 is 5.69 Å². The summed E-state index contributed by atoms with van der Waals surface area (Å²) in [7, 11) is 0. The molecule has 18 heavy (non-hydrogen) atoms. The van der Waals surface area contributed by atoms with E-state index in [2.05, 4.69) is 26.8 Å². The number of hydrogen-bond acceptors (Lipinski definition) is 2. The van der Waals surface area contributed by atoms with Gasteiger partial charge in [-0.1, -0.05) is 13.8 Å². The summed E-state index contributed by atoms with van der Waals surface area (Å²) < 4.78 is 6.21. The molecule has 1 fully saturated rings. The van der Waals surface area contributed by atoms with E-state index in [1.165, 1.54) is 19.3 Å². The number of nitrogens with two attached hydrogens (primary N) is 1. The summed E-state index contributed by atoms with van der Waals surface area (Å²) in [5.74, 6) is 2.55. The topological polar surface area (TPSA) is 35.2 Å². The number of nitrogen functional groups attached to an aromatic ring is 1. The van der Waals surface area contributed by atoms with Crippen molar-refractivity contribution in [3.8, 4) is 5.75 Å². The Bertz CT molecular complexity index is 417. The first-order valence-electron chi connectivity index (χ1n) is 6.99. The molecule has 0 radical (unpaired) electrons. The Labute approximate surface area is 111 Å². The molecule has 1 aromatic carbocycles. The number of aryl methyl sites for hydroxylation is 2. The van der Waals surface area contributed by atoms with Crippen LogP contribution in [0.3, 0.4) is 0 Å². The molecule has 2 nitrogen and oxygen atoms in total. The maximum Gasteiger partial charge on any atom is 0.123 e. The molecule has 0 saturated heterocycles. The lowest BCUT2D eigenvalue weighted by Gasteiger charge is -2.32. The minimum Gasteiger partial charge on any atom is -0.490 e. The average molecular weight is 247 g/mol. The van der Waals surface area contributed by atoms with Crippen molar-refractivity contribution in [2.75, 3.05) is 5.73 Å². The van der Waals surface area contributed by atoms with Crippen LogP contribution in [-0.2, 0) is 0 Å². The van der Waals surface area contributed by atoms with Gasteiger partial charge in [-0.25, -0.2) is 0 Å². The van der Waals surface area contributed by atoms with E-state index in [1.807, 2.05) is 13.0 Å². The Kier molecular flexibility index (Phi) is 3.84. The maximum atomic E-state index is 6.21. The number of hydrogen-bond donors (Lipinski definition) is 1. The fourth-order valence-electron chi connectivity index (χ4n) is 3.09. The van der Waals surface area contributed by atoms with Crippen molar-refractivity contribution in [2.45, 2.75) is 53.1 Å². The van der Waals surface area contributed by atoms with E-state index in [-0.39, 0.29) is 0 Å². The summed E-state index contributed by atoms with van der Waals surface area (Å²) in [6, 6.07) is 4.09. The van der Waals surface area contributed by atoms with Crippen LogP contribution in [-0.4, -0.2) is 6.10 Å². The van der Waals surface area contributed by atoms with Crippen LogP contribution in [0.5, 0.6) is 5.75 Å². The molecule has 0 spiro atoms. The first kappa shape index (κ1) is 13.3. The first-order chi connectivity index (χ1) is 8.45. The second-order valence-corrected chi connectivity index (χ2v) is 6.13. The molecule has 2 rings (SSSR count). The highest BCUT2D eigenvalue weighted by Gasteiger charge is 2.25. The molecule has 0 bridgehead atoms. The Hall–Kier alpha value is -1.18. The third kappa shape index (κ3) is 2.98. The summed E-state index contributed by atoms with van der Waals surface area (Å²) >= 11 is 0. The lowest BCUT2D eigenvalue weighted by Crippen LogP contribution is -2.28. The molecule has 0 aromatic heterocycles. The second-order valence-electron chi connectivity index (χ2n) is 6.13. The molecule has 2 heteroatoms. The SMILES string of the molecule is Cc1cc(OC2CC(C)CC(C)C2)c(C)cc1N. The molecule has 2 atom stereocenters. The third-order valence-electron chi connectivity index (χ3n) is 3.99. The summed E-state index contributed by atoms with van der Waals surface area (Å²) in [6.07, 6.45) is 4.05. The number of anilines is 1. The van der Waals surface area contributed by atoms with Gasteiger partial charge in [0.2, 0.25) is 0 Å². The van der Waals surface area contributed by atoms with Crippen molar-refractivity contribution in [3.63, 3.8) is 0 Å². The van der Waals surface area contributed by atoms with Gasteiger partial charge in [0.25, 0.3) is 0 Å². The number of rotatable bonds is 2. The highest BCUT2D eigenvalue weighted by Crippen LogP contribution is 2.33. The van der Waals surface area contributed by atoms with Gasteiger partial charge in [0.15, 0.2) is 0 Å². The molecular formula is C16H25NO. The Balaban J connectivity index is 2.11. The smallest absolute Gasteiger partial charge is 0.123 e. The quantitative estimate of drug-likeness (QED) is 0.799. The Morgan fingerprint density at radius 2 is 1.61 bits per heavy atom. The molecule has 2 unspecified atom stereocenters.